The summed E-state index contributed by atoms with van der Waals surface area (Å²) < 4.78 is 5.36. The highest BCUT2D eigenvalue weighted by Crippen LogP contribution is 2.22. The van der Waals surface area contributed by atoms with Gasteiger partial charge in [0.15, 0.2) is 5.76 Å². The van der Waals surface area contributed by atoms with E-state index in [0.29, 0.717) is 13.0 Å². The molecule has 0 saturated carbocycles. The van der Waals surface area contributed by atoms with Crippen LogP contribution < -0.4 is 5.73 Å². The molecule has 1 atom stereocenters. The predicted molar refractivity (Wildman–Crippen MR) is 63.2 cm³/mol. The molecule has 98 valence electrons. The van der Waals surface area contributed by atoms with Crippen LogP contribution in [0, 0.1) is 0 Å². The average molecular weight is 252 g/mol. The van der Waals surface area contributed by atoms with Crippen molar-refractivity contribution in [1.29, 1.82) is 0 Å². The number of carboxylic acids is 1. The largest absolute Gasteiger partial charge is 0.480 e. The van der Waals surface area contributed by atoms with Crippen molar-refractivity contribution in [3.05, 3.63) is 23.7 Å². The molecule has 1 aliphatic rings. The molecule has 2 heterocycles. The number of rotatable bonds is 3. The summed E-state index contributed by atoms with van der Waals surface area (Å²) in [7, 11) is 0. The van der Waals surface area contributed by atoms with E-state index < -0.39 is 11.5 Å². The molecule has 1 saturated heterocycles. The topological polar surface area (TPSA) is 96.8 Å². The van der Waals surface area contributed by atoms with Gasteiger partial charge in [-0.15, -0.1) is 0 Å². The fraction of sp³-hybridized carbons (Fsp3) is 0.500. The summed E-state index contributed by atoms with van der Waals surface area (Å²) in [5, 5.41) is 9.00. The lowest BCUT2D eigenvalue weighted by molar-refractivity contribution is -0.142. The SMILES string of the molecule is CCc1ccc(C(=O)N2CCC(N)(C(=O)O)C2)o1. The molecule has 1 aromatic rings. The molecular formula is C12H16N2O4. The quantitative estimate of drug-likeness (QED) is 0.815. The molecule has 1 unspecified atom stereocenters. The highest BCUT2D eigenvalue weighted by molar-refractivity contribution is 5.93. The van der Waals surface area contributed by atoms with Gasteiger partial charge in [-0.1, -0.05) is 6.92 Å². The number of hydrogen-bond acceptors (Lipinski definition) is 4. The average Bonchev–Trinajstić information content (AvgIpc) is 2.95. The van der Waals surface area contributed by atoms with Gasteiger partial charge in [-0.2, -0.15) is 0 Å². The van der Waals surface area contributed by atoms with E-state index in [1.54, 1.807) is 12.1 Å². The zero-order valence-electron chi connectivity index (χ0n) is 10.2. The van der Waals surface area contributed by atoms with E-state index in [0.717, 1.165) is 5.76 Å². The van der Waals surface area contributed by atoms with Gasteiger partial charge in [-0.3, -0.25) is 9.59 Å². The smallest absolute Gasteiger partial charge is 0.325 e. The molecule has 1 fully saturated rings. The van der Waals surface area contributed by atoms with Crippen LogP contribution in [0.3, 0.4) is 0 Å². The monoisotopic (exact) mass is 252 g/mol. The van der Waals surface area contributed by atoms with Crippen molar-refractivity contribution in [3.8, 4) is 0 Å². The lowest BCUT2D eigenvalue weighted by Crippen LogP contribution is -2.50. The number of furan rings is 1. The molecule has 1 amide bonds. The number of likely N-dealkylation sites (tertiary alicyclic amines) is 1. The molecule has 1 aliphatic heterocycles. The lowest BCUT2D eigenvalue weighted by Gasteiger charge is -2.19. The first kappa shape index (κ1) is 12.6. The second-order valence-corrected chi connectivity index (χ2v) is 4.56. The maximum Gasteiger partial charge on any atom is 0.325 e. The van der Waals surface area contributed by atoms with Crippen LogP contribution in [0.15, 0.2) is 16.5 Å². The Kier molecular flexibility index (Phi) is 3.13. The van der Waals surface area contributed by atoms with Gasteiger partial charge >= 0.3 is 5.97 Å². The summed E-state index contributed by atoms with van der Waals surface area (Å²) >= 11 is 0. The van der Waals surface area contributed by atoms with Gasteiger partial charge < -0.3 is 20.2 Å². The van der Waals surface area contributed by atoms with Crippen molar-refractivity contribution in [2.75, 3.05) is 13.1 Å². The van der Waals surface area contributed by atoms with Crippen LogP contribution in [0.5, 0.6) is 0 Å². The van der Waals surface area contributed by atoms with Crippen molar-refractivity contribution >= 4 is 11.9 Å². The number of carbonyl (C=O) groups excluding carboxylic acids is 1. The van der Waals surface area contributed by atoms with E-state index in [2.05, 4.69) is 0 Å². The van der Waals surface area contributed by atoms with Crippen LogP contribution in [0.4, 0.5) is 0 Å². The number of carboxylic acid groups (broad SMARTS) is 1. The predicted octanol–water partition coefficient (Wildman–Crippen LogP) is 0.470. The van der Waals surface area contributed by atoms with Crippen molar-refractivity contribution in [3.63, 3.8) is 0 Å². The molecule has 0 radical (unpaired) electrons. The molecule has 0 spiro atoms. The Labute approximate surface area is 104 Å². The zero-order chi connectivity index (χ0) is 13.3. The number of nitrogens with two attached hydrogens (primary N) is 1. The number of aryl methyl sites for hydroxylation is 1. The van der Waals surface area contributed by atoms with Crippen molar-refractivity contribution in [2.24, 2.45) is 5.73 Å². The van der Waals surface area contributed by atoms with Gasteiger partial charge in [-0.05, 0) is 18.6 Å². The minimum Gasteiger partial charge on any atom is -0.480 e. The van der Waals surface area contributed by atoms with Crippen LogP contribution in [0.25, 0.3) is 0 Å². The van der Waals surface area contributed by atoms with E-state index >= 15 is 0 Å². The molecule has 0 aliphatic carbocycles. The third-order valence-corrected chi connectivity index (χ3v) is 3.23. The summed E-state index contributed by atoms with van der Waals surface area (Å²) in [6, 6.07) is 3.36. The van der Waals surface area contributed by atoms with E-state index in [9.17, 15) is 9.59 Å². The Morgan fingerprint density at radius 3 is 2.78 bits per heavy atom. The molecule has 18 heavy (non-hydrogen) atoms. The highest BCUT2D eigenvalue weighted by Gasteiger charge is 2.43. The molecule has 0 aromatic carbocycles. The van der Waals surface area contributed by atoms with Gasteiger partial charge in [-0.25, -0.2) is 0 Å². The minimum absolute atomic E-state index is 0.0172. The molecule has 6 heteroatoms. The Bertz CT molecular complexity index is 482. The number of hydrogen-bond donors (Lipinski definition) is 2. The second-order valence-electron chi connectivity index (χ2n) is 4.56. The number of carbonyl (C=O) groups is 2. The molecule has 2 rings (SSSR count). The van der Waals surface area contributed by atoms with Gasteiger partial charge in [0.25, 0.3) is 5.91 Å². The van der Waals surface area contributed by atoms with Crippen LogP contribution >= 0.6 is 0 Å². The first-order chi connectivity index (χ1) is 8.46. The number of nitrogens with zero attached hydrogens (tertiary/aromatic N) is 1. The lowest BCUT2D eigenvalue weighted by atomic mass is 10.0. The van der Waals surface area contributed by atoms with Gasteiger partial charge in [0.05, 0.1) is 0 Å². The first-order valence-corrected chi connectivity index (χ1v) is 5.86. The maximum atomic E-state index is 12.1. The van der Waals surface area contributed by atoms with Gasteiger partial charge in [0.2, 0.25) is 0 Å². The van der Waals surface area contributed by atoms with E-state index in [-0.39, 0.29) is 24.6 Å². The van der Waals surface area contributed by atoms with Crippen molar-refractivity contribution < 1.29 is 19.1 Å². The minimum atomic E-state index is -1.34. The Morgan fingerprint density at radius 2 is 2.28 bits per heavy atom. The van der Waals surface area contributed by atoms with Crippen molar-refractivity contribution in [2.45, 2.75) is 25.3 Å². The molecule has 1 aromatic heterocycles. The summed E-state index contributed by atoms with van der Waals surface area (Å²) in [4.78, 5) is 24.5. The molecular weight excluding hydrogens is 236 g/mol. The van der Waals surface area contributed by atoms with Crippen LogP contribution in [0.2, 0.25) is 0 Å². The van der Waals surface area contributed by atoms with Gasteiger partial charge in [0, 0.05) is 19.5 Å². The Morgan fingerprint density at radius 1 is 1.56 bits per heavy atom. The van der Waals surface area contributed by atoms with Crippen LogP contribution in [-0.4, -0.2) is 40.5 Å². The molecule has 0 bridgehead atoms. The number of amides is 1. The summed E-state index contributed by atoms with van der Waals surface area (Å²) in [5.41, 5.74) is 4.38. The fourth-order valence-corrected chi connectivity index (χ4v) is 2.02. The highest BCUT2D eigenvalue weighted by atomic mass is 16.4. The third kappa shape index (κ3) is 2.11. The van der Waals surface area contributed by atoms with Crippen LogP contribution in [-0.2, 0) is 11.2 Å². The second kappa shape index (κ2) is 4.45. The first-order valence-electron chi connectivity index (χ1n) is 5.86. The zero-order valence-corrected chi connectivity index (χ0v) is 10.2. The van der Waals surface area contributed by atoms with Gasteiger partial charge in [0.1, 0.15) is 11.3 Å². The summed E-state index contributed by atoms with van der Waals surface area (Å²) in [5.74, 6) is -0.411. The maximum absolute atomic E-state index is 12.1. The summed E-state index contributed by atoms with van der Waals surface area (Å²) in [6.07, 6.45) is 0.971. The van der Waals surface area contributed by atoms with Crippen LogP contribution in [0.1, 0.15) is 29.7 Å². The third-order valence-electron chi connectivity index (χ3n) is 3.23. The van der Waals surface area contributed by atoms with E-state index in [1.807, 2.05) is 6.92 Å². The van der Waals surface area contributed by atoms with Crippen molar-refractivity contribution in [1.82, 2.24) is 4.90 Å². The number of aliphatic carboxylic acids is 1. The molecule has 6 nitrogen and oxygen atoms in total. The Balaban J connectivity index is 2.10. The Hall–Kier alpha value is -1.82. The normalized spacial score (nSPS) is 23.3. The van der Waals surface area contributed by atoms with E-state index in [1.165, 1.54) is 4.90 Å². The molecule has 3 N–H and O–H groups in total. The summed E-state index contributed by atoms with van der Waals surface area (Å²) in [6.45, 7) is 2.28. The van der Waals surface area contributed by atoms with E-state index in [4.69, 9.17) is 15.3 Å². The fourth-order valence-electron chi connectivity index (χ4n) is 2.02. The standard InChI is InChI=1S/C12H16N2O4/c1-2-8-3-4-9(18-8)10(15)14-6-5-12(13,7-14)11(16)17/h3-4H,2,5-7,13H2,1H3,(H,16,17).